The fourth-order valence-electron chi connectivity index (χ4n) is 2.53. The molecule has 1 heterocycles. The summed E-state index contributed by atoms with van der Waals surface area (Å²) in [6.07, 6.45) is 0.857. The summed E-state index contributed by atoms with van der Waals surface area (Å²) in [5.41, 5.74) is 0.452. The zero-order valence-corrected chi connectivity index (χ0v) is 13.3. The minimum absolute atomic E-state index is 0.0329. The number of benzene rings is 1. The number of hydrogen-bond donors (Lipinski definition) is 0. The first-order valence-electron chi connectivity index (χ1n) is 6.22. The molecule has 0 saturated carbocycles. The van der Waals surface area contributed by atoms with Crippen LogP contribution in [0.15, 0.2) is 23.1 Å². The molecule has 19 heavy (non-hydrogen) atoms. The van der Waals surface area contributed by atoms with E-state index >= 15 is 0 Å². The van der Waals surface area contributed by atoms with Crippen LogP contribution in [0.3, 0.4) is 0 Å². The van der Waals surface area contributed by atoms with E-state index in [1.807, 2.05) is 0 Å². The average molecular weight is 350 g/mol. The predicted molar refractivity (Wildman–Crippen MR) is 76.4 cm³/mol. The van der Waals surface area contributed by atoms with Crippen molar-refractivity contribution in [3.8, 4) is 0 Å². The van der Waals surface area contributed by atoms with Crippen LogP contribution in [0.4, 0.5) is 4.39 Å². The summed E-state index contributed by atoms with van der Waals surface area (Å²) >= 11 is 3.39. The van der Waals surface area contributed by atoms with E-state index in [1.165, 1.54) is 22.5 Å². The van der Waals surface area contributed by atoms with Crippen molar-refractivity contribution in [3.63, 3.8) is 0 Å². The maximum atomic E-state index is 13.1. The lowest BCUT2D eigenvalue weighted by atomic mass is 10.1. The molecule has 0 amide bonds. The molecule has 1 saturated heterocycles. The summed E-state index contributed by atoms with van der Waals surface area (Å²) in [5, 5.41) is 0.619. The lowest BCUT2D eigenvalue weighted by Gasteiger charge is -2.25. The van der Waals surface area contributed by atoms with E-state index in [-0.39, 0.29) is 10.9 Å². The number of sulfonamides is 1. The Hall–Kier alpha value is -0.460. The van der Waals surface area contributed by atoms with Crippen LogP contribution < -0.4 is 0 Å². The van der Waals surface area contributed by atoms with Crippen molar-refractivity contribution in [3.05, 3.63) is 29.6 Å². The summed E-state index contributed by atoms with van der Waals surface area (Å²) in [4.78, 5) is 0.203. The van der Waals surface area contributed by atoms with Crippen LogP contribution in [0.25, 0.3) is 0 Å². The standard InChI is InChI=1S/C13H17BrFNO2S/c1-9-5-6-16(12(9)8-14)19(17,18)13-4-3-11(15)7-10(13)2/h3-4,7,9,12H,5-6,8H2,1-2H3. The van der Waals surface area contributed by atoms with E-state index in [1.54, 1.807) is 6.92 Å². The Balaban J connectivity index is 2.42. The zero-order valence-electron chi connectivity index (χ0n) is 10.9. The first kappa shape index (κ1) is 14.9. The maximum Gasteiger partial charge on any atom is 0.243 e. The van der Waals surface area contributed by atoms with Gasteiger partial charge in [-0.1, -0.05) is 22.9 Å². The second kappa shape index (κ2) is 5.50. The van der Waals surface area contributed by atoms with Crippen LogP contribution in [0, 0.1) is 18.7 Å². The molecule has 1 fully saturated rings. The molecule has 1 aliphatic rings. The smallest absolute Gasteiger partial charge is 0.207 e. The van der Waals surface area contributed by atoms with Gasteiger partial charge in [0.1, 0.15) is 5.82 Å². The average Bonchev–Trinajstić information content (AvgIpc) is 2.70. The minimum atomic E-state index is -3.54. The molecule has 2 atom stereocenters. The molecule has 106 valence electrons. The number of rotatable bonds is 3. The van der Waals surface area contributed by atoms with E-state index < -0.39 is 15.8 Å². The molecule has 6 heteroatoms. The van der Waals surface area contributed by atoms with Crippen LogP contribution in [0.5, 0.6) is 0 Å². The predicted octanol–water partition coefficient (Wildman–Crippen LogP) is 2.93. The fourth-order valence-corrected chi connectivity index (χ4v) is 5.65. The molecule has 3 nitrogen and oxygen atoms in total. The second-order valence-corrected chi connectivity index (χ2v) is 7.52. The van der Waals surface area contributed by atoms with Crippen LogP contribution in [0.2, 0.25) is 0 Å². The SMILES string of the molecule is Cc1cc(F)ccc1S(=O)(=O)N1CCC(C)C1CBr. The molecule has 2 unspecified atom stereocenters. The number of aryl methyl sites for hydroxylation is 1. The van der Waals surface area contributed by atoms with Crippen LogP contribution in [0.1, 0.15) is 18.9 Å². The third kappa shape index (κ3) is 2.71. The van der Waals surface area contributed by atoms with Gasteiger partial charge in [-0.2, -0.15) is 4.31 Å². The Morgan fingerprint density at radius 2 is 2.16 bits per heavy atom. The van der Waals surface area contributed by atoms with Crippen molar-refractivity contribution in [1.29, 1.82) is 0 Å². The summed E-state index contributed by atoms with van der Waals surface area (Å²) < 4.78 is 40.0. The maximum absolute atomic E-state index is 13.1. The van der Waals surface area contributed by atoms with Crippen LogP contribution in [-0.2, 0) is 10.0 Å². The van der Waals surface area contributed by atoms with Gasteiger partial charge < -0.3 is 0 Å². The van der Waals surface area contributed by atoms with Crippen molar-refractivity contribution in [2.45, 2.75) is 31.2 Å². The Kier molecular flexibility index (Phi) is 4.32. The van der Waals surface area contributed by atoms with Gasteiger partial charge in [0.15, 0.2) is 0 Å². The van der Waals surface area contributed by atoms with Gasteiger partial charge in [0.05, 0.1) is 4.90 Å². The van der Waals surface area contributed by atoms with Gasteiger partial charge in [0.25, 0.3) is 0 Å². The molecular formula is C13H17BrFNO2S. The fraction of sp³-hybridized carbons (Fsp3) is 0.538. The van der Waals surface area contributed by atoms with Crippen molar-refractivity contribution >= 4 is 26.0 Å². The highest BCUT2D eigenvalue weighted by atomic mass is 79.9. The van der Waals surface area contributed by atoms with E-state index in [0.29, 0.717) is 23.4 Å². The lowest BCUT2D eigenvalue weighted by molar-refractivity contribution is 0.378. The molecule has 0 aromatic heterocycles. The third-order valence-corrected chi connectivity index (χ3v) is 6.46. The quantitative estimate of drug-likeness (QED) is 0.786. The molecule has 0 aliphatic carbocycles. The molecule has 0 spiro atoms. The highest BCUT2D eigenvalue weighted by molar-refractivity contribution is 9.09. The minimum Gasteiger partial charge on any atom is -0.207 e. The van der Waals surface area contributed by atoms with Gasteiger partial charge in [-0.05, 0) is 43.0 Å². The summed E-state index contributed by atoms with van der Waals surface area (Å²) in [7, 11) is -3.54. The number of halogens is 2. The van der Waals surface area contributed by atoms with Crippen LogP contribution in [-0.4, -0.2) is 30.6 Å². The van der Waals surface area contributed by atoms with Gasteiger partial charge in [0.2, 0.25) is 10.0 Å². The molecule has 1 aromatic carbocycles. The Morgan fingerprint density at radius 3 is 2.74 bits per heavy atom. The van der Waals surface area contributed by atoms with Gasteiger partial charge in [0, 0.05) is 17.9 Å². The van der Waals surface area contributed by atoms with Gasteiger partial charge in [-0.3, -0.25) is 0 Å². The summed E-state index contributed by atoms with van der Waals surface area (Å²) in [6, 6.07) is 3.78. The van der Waals surface area contributed by atoms with E-state index in [4.69, 9.17) is 0 Å². The zero-order chi connectivity index (χ0) is 14.2. The monoisotopic (exact) mass is 349 g/mol. The Morgan fingerprint density at radius 1 is 1.47 bits per heavy atom. The first-order valence-corrected chi connectivity index (χ1v) is 8.78. The number of hydrogen-bond acceptors (Lipinski definition) is 2. The van der Waals surface area contributed by atoms with E-state index in [0.717, 1.165) is 6.42 Å². The molecule has 0 radical (unpaired) electrons. The number of nitrogens with zero attached hydrogens (tertiary/aromatic N) is 1. The molecular weight excluding hydrogens is 333 g/mol. The van der Waals surface area contributed by atoms with Gasteiger partial charge in [-0.15, -0.1) is 0 Å². The van der Waals surface area contributed by atoms with Gasteiger partial charge in [-0.25, -0.2) is 12.8 Å². The molecule has 2 rings (SSSR count). The van der Waals surface area contributed by atoms with Crippen molar-refractivity contribution in [2.75, 3.05) is 11.9 Å². The second-order valence-electron chi connectivity index (χ2n) is 5.01. The number of alkyl halides is 1. The van der Waals surface area contributed by atoms with Crippen LogP contribution >= 0.6 is 15.9 Å². The van der Waals surface area contributed by atoms with Crippen molar-refractivity contribution in [2.24, 2.45) is 5.92 Å². The Bertz CT molecular complexity index is 576. The topological polar surface area (TPSA) is 37.4 Å². The van der Waals surface area contributed by atoms with Crippen molar-refractivity contribution < 1.29 is 12.8 Å². The lowest BCUT2D eigenvalue weighted by Crippen LogP contribution is -2.38. The molecule has 1 aromatic rings. The largest absolute Gasteiger partial charge is 0.243 e. The summed E-state index contributed by atoms with van der Waals surface area (Å²) in [6.45, 7) is 4.20. The van der Waals surface area contributed by atoms with Crippen molar-refractivity contribution in [1.82, 2.24) is 4.31 Å². The van der Waals surface area contributed by atoms with E-state index in [2.05, 4.69) is 22.9 Å². The van der Waals surface area contributed by atoms with E-state index in [9.17, 15) is 12.8 Å². The highest BCUT2D eigenvalue weighted by Crippen LogP contribution is 2.32. The van der Waals surface area contributed by atoms with Gasteiger partial charge >= 0.3 is 0 Å². The third-order valence-electron chi connectivity index (χ3n) is 3.71. The highest BCUT2D eigenvalue weighted by Gasteiger charge is 2.39. The Labute approximate surface area is 122 Å². The molecule has 0 bridgehead atoms. The normalized spacial score (nSPS) is 24.8. The molecule has 0 N–H and O–H groups in total. The molecule has 1 aliphatic heterocycles. The summed E-state index contributed by atoms with van der Waals surface area (Å²) in [5.74, 6) is -0.0850. The first-order chi connectivity index (χ1) is 8.87.